The van der Waals surface area contributed by atoms with Crippen LogP contribution in [0.15, 0.2) is 85.1 Å². The maximum absolute atomic E-state index is 4.91. The van der Waals surface area contributed by atoms with Crippen molar-refractivity contribution in [3.8, 4) is 11.5 Å². The zero-order valence-electron chi connectivity index (χ0n) is 15.4. The van der Waals surface area contributed by atoms with Gasteiger partial charge < -0.3 is 9.55 Å². The monoisotopic (exact) mass is 362 g/mol. The highest BCUT2D eigenvalue weighted by Gasteiger charge is 2.18. The number of aromatic nitrogens is 4. The quantitative estimate of drug-likeness (QED) is 0.418. The van der Waals surface area contributed by atoms with Crippen LogP contribution in [0, 0.1) is 6.92 Å². The van der Waals surface area contributed by atoms with Crippen LogP contribution in [-0.4, -0.2) is 19.1 Å². The number of para-hydroxylation sites is 3. The number of H-pyrrole nitrogens is 1. The van der Waals surface area contributed by atoms with Crippen LogP contribution in [0.25, 0.3) is 44.3 Å². The molecule has 3 aromatic carbocycles. The SMILES string of the molecule is Cc1nc(-n2c3ccccc3c3c4ccccc4[nH]c32)cn1-c1ccccc1. The highest BCUT2D eigenvalue weighted by Crippen LogP contribution is 2.36. The first-order valence-corrected chi connectivity index (χ1v) is 9.43. The lowest BCUT2D eigenvalue weighted by Gasteiger charge is -2.04. The molecular weight excluding hydrogens is 344 g/mol. The average Bonchev–Trinajstić information content (AvgIpc) is 3.38. The molecule has 3 aromatic heterocycles. The Morgan fingerprint density at radius 1 is 0.786 bits per heavy atom. The van der Waals surface area contributed by atoms with Gasteiger partial charge in [0, 0.05) is 27.4 Å². The molecule has 1 N–H and O–H groups in total. The molecule has 134 valence electrons. The maximum atomic E-state index is 4.91. The second-order valence-corrected chi connectivity index (χ2v) is 7.10. The van der Waals surface area contributed by atoms with Crippen molar-refractivity contribution in [1.29, 1.82) is 0 Å². The van der Waals surface area contributed by atoms with Gasteiger partial charge in [0.15, 0.2) is 5.82 Å². The number of nitrogens with zero attached hydrogens (tertiary/aromatic N) is 3. The fraction of sp³-hybridized carbons (Fsp3) is 0.0417. The van der Waals surface area contributed by atoms with Gasteiger partial charge in [0.1, 0.15) is 11.5 Å². The van der Waals surface area contributed by atoms with Gasteiger partial charge >= 0.3 is 0 Å². The molecular formula is C24H18N4. The minimum atomic E-state index is 0.916. The molecule has 6 rings (SSSR count). The van der Waals surface area contributed by atoms with Crippen LogP contribution in [0.4, 0.5) is 0 Å². The second-order valence-electron chi connectivity index (χ2n) is 7.10. The Hall–Kier alpha value is -3.79. The molecule has 0 saturated carbocycles. The summed E-state index contributed by atoms with van der Waals surface area (Å²) in [7, 11) is 0. The third kappa shape index (κ3) is 2.03. The van der Waals surface area contributed by atoms with Crippen LogP contribution in [0.2, 0.25) is 0 Å². The van der Waals surface area contributed by atoms with Crippen molar-refractivity contribution >= 4 is 32.8 Å². The number of benzene rings is 3. The van der Waals surface area contributed by atoms with Crippen molar-refractivity contribution in [1.82, 2.24) is 19.1 Å². The van der Waals surface area contributed by atoms with Crippen LogP contribution in [0.5, 0.6) is 0 Å². The van der Waals surface area contributed by atoms with E-state index < -0.39 is 0 Å². The van der Waals surface area contributed by atoms with E-state index in [2.05, 4.69) is 93.1 Å². The highest BCUT2D eigenvalue weighted by atomic mass is 15.2. The lowest BCUT2D eigenvalue weighted by molar-refractivity contribution is 0.973. The first kappa shape index (κ1) is 15.3. The number of aromatic amines is 1. The Morgan fingerprint density at radius 2 is 1.50 bits per heavy atom. The summed E-state index contributed by atoms with van der Waals surface area (Å²) in [5.74, 6) is 1.88. The molecule has 0 amide bonds. The normalized spacial score (nSPS) is 11.8. The number of hydrogen-bond donors (Lipinski definition) is 1. The minimum Gasteiger partial charge on any atom is -0.340 e. The van der Waals surface area contributed by atoms with Crippen molar-refractivity contribution in [2.75, 3.05) is 0 Å². The first-order chi connectivity index (χ1) is 13.8. The molecule has 0 unspecified atom stereocenters. The van der Waals surface area contributed by atoms with E-state index in [1.54, 1.807) is 0 Å². The van der Waals surface area contributed by atoms with Gasteiger partial charge in [0.2, 0.25) is 0 Å². The van der Waals surface area contributed by atoms with E-state index in [0.717, 1.165) is 34.0 Å². The van der Waals surface area contributed by atoms with Gasteiger partial charge in [0.05, 0.1) is 11.7 Å². The van der Waals surface area contributed by atoms with Gasteiger partial charge in [-0.25, -0.2) is 4.98 Å². The molecule has 3 heterocycles. The summed E-state index contributed by atoms with van der Waals surface area (Å²) in [6.45, 7) is 2.05. The van der Waals surface area contributed by atoms with Crippen molar-refractivity contribution < 1.29 is 0 Å². The molecule has 0 radical (unpaired) electrons. The van der Waals surface area contributed by atoms with E-state index in [9.17, 15) is 0 Å². The fourth-order valence-corrected chi connectivity index (χ4v) is 4.22. The average molecular weight is 362 g/mol. The summed E-state index contributed by atoms with van der Waals surface area (Å²) in [5.41, 5.74) is 4.50. The first-order valence-electron chi connectivity index (χ1n) is 9.43. The van der Waals surface area contributed by atoms with Crippen molar-refractivity contribution in [2.24, 2.45) is 0 Å². The van der Waals surface area contributed by atoms with E-state index in [1.165, 1.54) is 16.2 Å². The van der Waals surface area contributed by atoms with Crippen molar-refractivity contribution in [2.45, 2.75) is 6.92 Å². The van der Waals surface area contributed by atoms with Crippen LogP contribution in [0.3, 0.4) is 0 Å². The number of rotatable bonds is 2. The number of nitrogens with one attached hydrogen (secondary N) is 1. The molecule has 6 aromatic rings. The summed E-state index contributed by atoms with van der Waals surface area (Å²) in [5, 5.41) is 3.73. The smallest absolute Gasteiger partial charge is 0.157 e. The minimum absolute atomic E-state index is 0.916. The van der Waals surface area contributed by atoms with E-state index in [1.807, 2.05) is 13.0 Å². The van der Waals surface area contributed by atoms with Crippen LogP contribution in [0.1, 0.15) is 5.82 Å². The Bertz CT molecular complexity index is 1460. The lowest BCUT2D eigenvalue weighted by Crippen LogP contribution is -1.95. The van der Waals surface area contributed by atoms with Gasteiger partial charge in [0.25, 0.3) is 0 Å². The van der Waals surface area contributed by atoms with Crippen LogP contribution < -0.4 is 0 Å². The van der Waals surface area contributed by atoms with E-state index >= 15 is 0 Å². The Kier molecular flexibility index (Phi) is 3.06. The number of fused-ring (bicyclic) bond motifs is 5. The predicted octanol–water partition coefficient (Wildman–Crippen LogP) is 5.76. The molecule has 0 aliphatic rings. The van der Waals surface area contributed by atoms with Gasteiger partial charge in [-0.3, -0.25) is 4.57 Å². The lowest BCUT2D eigenvalue weighted by atomic mass is 10.1. The molecule has 28 heavy (non-hydrogen) atoms. The third-order valence-electron chi connectivity index (χ3n) is 5.46. The van der Waals surface area contributed by atoms with Crippen molar-refractivity contribution in [3.63, 3.8) is 0 Å². The maximum Gasteiger partial charge on any atom is 0.157 e. The summed E-state index contributed by atoms with van der Waals surface area (Å²) in [4.78, 5) is 8.52. The summed E-state index contributed by atoms with van der Waals surface area (Å²) < 4.78 is 4.37. The zero-order chi connectivity index (χ0) is 18.7. The fourth-order valence-electron chi connectivity index (χ4n) is 4.22. The number of hydrogen-bond acceptors (Lipinski definition) is 1. The summed E-state index contributed by atoms with van der Waals surface area (Å²) in [6, 6.07) is 27.3. The van der Waals surface area contributed by atoms with Gasteiger partial charge in [-0.1, -0.05) is 54.6 Å². The predicted molar refractivity (Wildman–Crippen MR) is 114 cm³/mol. The molecule has 4 heteroatoms. The van der Waals surface area contributed by atoms with Crippen LogP contribution in [-0.2, 0) is 0 Å². The number of aryl methyl sites for hydroxylation is 1. The number of imidazole rings is 1. The molecule has 0 bridgehead atoms. The Labute approximate surface area is 161 Å². The Morgan fingerprint density at radius 3 is 2.36 bits per heavy atom. The van der Waals surface area contributed by atoms with Crippen LogP contribution >= 0.6 is 0 Å². The van der Waals surface area contributed by atoms with Crippen molar-refractivity contribution in [3.05, 3.63) is 90.9 Å². The molecule has 4 nitrogen and oxygen atoms in total. The summed E-state index contributed by atoms with van der Waals surface area (Å²) >= 11 is 0. The summed E-state index contributed by atoms with van der Waals surface area (Å²) in [6.07, 6.45) is 2.11. The molecule has 0 saturated heterocycles. The molecule has 0 aliphatic carbocycles. The van der Waals surface area contributed by atoms with E-state index in [-0.39, 0.29) is 0 Å². The standard InChI is InChI=1S/C24H18N4/c1-16-25-22(15-27(16)17-9-3-2-4-10-17)28-21-14-8-6-12-19(21)23-18-11-5-7-13-20(18)26-24(23)28/h2-15,26H,1H3. The molecule has 0 spiro atoms. The van der Waals surface area contributed by atoms with Gasteiger partial charge in [-0.2, -0.15) is 0 Å². The molecule has 0 aliphatic heterocycles. The Balaban J connectivity index is 1.71. The molecule has 0 fully saturated rings. The molecule has 0 atom stereocenters. The highest BCUT2D eigenvalue weighted by molar-refractivity contribution is 6.21. The van der Waals surface area contributed by atoms with Gasteiger partial charge in [-0.15, -0.1) is 0 Å². The second kappa shape index (κ2) is 5.60. The van der Waals surface area contributed by atoms with E-state index in [4.69, 9.17) is 4.98 Å². The van der Waals surface area contributed by atoms with E-state index in [0.29, 0.717) is 0 Å². The zero-order valence-corrected chi connectivity index (χ0v) is 15.4. The van der Waals surface area contributed by atoms with Gasteiger partial charge in [-0.05, 0) is 31.2 Å². The topological polar surface area (TPSA) is 38.5 Å². The largest absolute Gasteiger partial charge is 0.340 e. The third-order valence-corrected chi connectivity index (χ3v) is 5.46.